The summed E-state index contributed by atoms with van der Waals surface area (Å²) in [4.78, 5) is -0.00292. The van der Waals surface area contributed by atoms with Crippen LogP contribution in [0.4, 0.5) is 9.52 Å². The Morgan fingerprint density at radius 3 is 2.75 bits per heavy atom. The molecule has 0 aliphatic heterocycles. The summed E-state index contributed by atoms with van der Waals surface area (Å²) in [7, 11) is -2.14. The van der Waals surface area contributed by atoms with E-state index in [0.29, 0.717) is 5.56 Å². The molecule has 1 aromatic carbocycles. The van der Waals surface area contributed by atoms with Gasteiger partial charge in [-0.2, -0.15) is 0 Å². The highest BCUT2D eigenvalue weighted by molar-refractivity contribution is 7.93. The van der Waals surface area contributed by atoms with Crippen molar-refractivity contribution in [2.75, 3.05) is 11.8 Å². The smallest absolute Gasteiger partial charge is 0.263 e. The third kappa shape index (κ3) is 3.11. The van der Waals surface area contributed by atoms with Gasteiger partial charge in [0.2, 0.25) is 5.13 Å². The van der Waals surface area contributed by atoms with E-state index in [4.69, 9.17) is 0 Å². The van der Waals surface area contributed by atoms with Gasteiger partial charge in [-0.15, -0.1) is 10.2 Å². The highest BCUT2D eigenvalue weighted by Gasteiger charge is 2.19. The fraction of sp³-hybridized carbons (Fsp3) is 0.273. The SMILES string of the molecule is CNCc1cc(S(=O)(=O)Nc2nncs2)cc(C)c1F. The Hall–Kier alpha value is -1.58. The lowest BCUT2D eigenvalue weighted by Gasteiger charge is -2.10. The molecule has 0 unspecified atom stereocenters. The number of rotatable bonds is 5. The number of nitrogens with zero attached hydrogens (tertiary/aromatic N) is 2. The molecule has 1 heterocycles. The van der Waals surface area contributed by atoms with Crippen molar-refractivity contribution in [1.82, 2.24) is 15.5 Å². The molecule has 2 rings (SSSR count). The molecule has 0 radical (unpaired) electrons. The fourth-order valence-electron chi connectivity index (χ4n) is 1.67. The Morgan fingerprint density at radius 1 is 1.40 bits per heavy atom. The maximum Gasteiger partial charge on any atom is 0.263 e. The predicted molar refractivity (Wildman–Crippen MR) is 74.6 cm³/mol. The molecular weight excluding hydrogens is 303 g/mol. The minimum atomic E-state index is -3.80. The first kappa shape index (κ1) is 14.8. The molecule has 0 aliphatic rings. The number of hydrogen-bond donors (Lipinski definition) is 2. The highest BCUT2D eigenvalue weighted by Crippen LogP contribution is 2.22. The minimum Gasteiger partial charge on any atom is -0.316 e. The molecule has 0 amide bonds. The molecular formula is C11H13FN4O2S2. The number of nitrogens with one attached hydrogen (secondary N) is 2. The van der Waals surface area contributed by atoms with Gasteiger partial charge in [0.05, 0.1) is 4.90 Å². The lowest BCUT2D eigenvalue weighted by Crippen LogP contribution is -2.15. The number of aryl methyl sites for hydroxylation is 1. The first-order chi connectivity index (χ1) is 9.44. The standard InChI is InChI=1S/C11H13FN4O2S2/c1-7-3-9(4-8(5-13-2)10(7)12)20(17,18)16-11-15-14-6-19-11/h3-4,6,13H,5H2,1-2H3,(H,15,16). The van der Waals surface area contributed by atoms with Crippen molar-refractivity contribution >= 4 is 26.5 Å². The lowest BCUT2D eigenvalue weighted by atomic mass is 10.1. The molecule has 6 nitrogen and oxygen atoms in total. The van der Waals surface area contributed by atoms with Gasteiger partial charge in [-0.3, -0.25) is 4.72 Å². The van der Waals surface area contributed by atoms with E-state index in [0.717, 1.165) is 11.3 Å². The Labute approximate surface area is 120 Å². The van der Waals surface area contributed by atoms with Crippen molar-refractivity contribution in [2.24, 2.45) is 0 Å². The van der Waals surface area contributed by atoms with E-state index < -0.39 is 15.8 Å². The van der Waals surface area contributed by atoms with Crippen LogP contribution in [0.1, 0.15) is 11.1 Å². The molecule has 9 heteroatoms. The average molecular weight is 316 g/mol. The van der Waals surface area contributed by atoms with Gasteiger partial charge >= 0.3 is 0 Å². The summed E-state index contributed by atoms with van der Waals surface area (Å²) < 4.78 is 40.6. The maximum absolute atomic E-state index is 13.9. The second-order valence-electron chi connectivity index (χ2n) is 4.09. The van der Waals surface area contributed by atoms with Crippen molar-refractivity contribution in [2.45, 2.75) is 18.4 Å². The Morgan fingerprint density at radius 2 is 2.15 bits per heavy atom. The van der Waals surface area contributed by atoms with Crippen LogP contribution in [0.2, 0.25) is 0 Å². The van der Waals surface area contributed by atoms with Crippen LogP contribution in [0, 0.1) is 12.7 Å². The van der Waals surface area contributed by atoms with Crippen LogP contribution < -0.4 is 10.0 Å². The first-order valence-corrected chi connectivity index (χ1v) is 8.03. The van der Waals surface area contributed by atoms with Crippen LogP contribution in [-0.2, 0) is 16.6 Å². The van der Waals surface area contributed by atoms with Crippen molar-refractivity contribution in [3.05, 3.63) is 34.6 Å². The van der Waals surface area contributed by atoms with Crippen LogP contribution in [0.5, 0.6) is 0 Å². The van der Waals surface area contributed by atoms with Crippen molar-refractivity contribution in [3.8, 4) is 0 Å². The van der Waals surface area contributed by atoms with Crippen LogP contribution in [0.3, 0.4) is 0 Å². The van der Waals surface area contributed by atoms with E-state index in [-0.39, 0.29) is 22.1 Å². The molecule has 0 bridgehead atoms. The Balaban J connectivity index is 2.41. The summed E-state index contributed by atoms with van der Waals surface area (Å²) in [5, 5.41) is 10.1. The molecule has 0 fully saturated rings. The van der Waals surface area contributed by atoms with Crippen molar-refractivity contribution < 1.29 is 12.8 Å². The number of benzene rings is 1. The molecule has 0 aliphatic carbocycles. The quantitative estimate of drug-likeness (QED) is 0.873. The largest absolute Gasteiger partial charge is 0.316 e. The third-order valence-corrected chi connectivity index (χ3v) is 4.62. The highest BCUT2D eigenvalue weighted by atomic mass is 32.2. The summed E-state index contributed by atoms with van der Waals surface area (Å²) in [5.41, 5.74) is 1.99. The zero-order valence-corrected chi connectivity index (χ0v) is 12.5. The fourth-order valence-corrected chi connectivity index (χ4v) is 3.50. The van der Waals surface area contributed by atoms with Crippen molar-refractivity contribution in [1.29, 1.82) is 0 Å². The van der Waals surface area contributed by atoms with E-state index in [1.165, 1.54) is 24.6 Å². The summed E-state index contributed by atoms with van der Waals surface area (Å²) >= 11 is 1.07. The summed E-state index contributed by atoms with van der Waals surface area (Å²) in [6.45, 7) is 1.77. The number of aromatic nitrogens is 2. The molecule has 20 heavy (non-hydrogen) atoms. The molecule has 0 saturated heterocycles. The van der Waals surface area contributed by atoms with E-state index in [9.17, 15) is 12.8 Å². The zero-order valence-electron chi connectivity index (χ0n) is 10.8. The number of anilines is 1. The van der Waals surface area contributed by atoms with E-state index in [1.807, 2.05) is 0 Å². The van der Waals surface area contributed by atoms with Gasteiger partial charge in [0.1, 0.15) is 11.3 Å². The summed E-state index contributed by atoms with van der Waals surface area (Å²) in [5.74, 6) is -0.408. The number of halogens is 1. The third-order valence-electron chi connectivity index (χ3n) is 2.56. The van der Waals surface area contributed by atoms with E-state index >= 15 is 0 Å². The Kier molecular flexibility index (Phi) is 4.31. The van der Waals surface area contributed by atoms with Crippen LogP contribution >= 0.6 is 11.3 Å². The molecule has 1 aromatic heterocycles. The zero-order chi connectivity index (χ0) is 14.8. The molecule has 0 saturated carbocycles. The van der Waals surface area contributed by atoms with Crippen molar-refractivity contribution in [3.63, 3.8) is 0 Å². The van der Waals surface area contributed by atoms with Crippen LogP contribution in [0.25, 0.3) is 0 Å². The van der Waals surface area contributed by atoms with E-state index in [2.05, 4.69) is 20.2 Å². The predicted octanol–water partition coefficient (Wildman–Crippen LogP) is 1.51. The van der Waals surface area contributed by atoms with Gasteiger partial charge in [-0.25, -0.2) is 12.8 Å². The monoisotopic (exact) mass is 316 g/mol. The average Bonchev–Trinajstić information content (AvgIpc) is 2.87. The lowest BCUT2D eigenvalue weighted by molar-refractivity contribution is 0.585. The van der Waals surface area contributed by atoms with E-state index in [1.54, 1.807) is 7.05 Å². The second-order valence-corrected chi connectivity index (χ2v) is 6.61. The van der Waals surface area contributed by atoms with Gasteiger partial charge in [-0.05, 0) is 31.7 Å². The summed E-state index contributed by atoms with van der Waals surface area (Å²) in [6, 6.07) is 2.60. The normalized spacial score (nSPS) is 11.6. The molecule has 108 valence electrons. The molecule has 0 spiro atoms. The number of sulfonamides is 1. The maximum atomic E-state index is 13.9. The van der Waals surface area contributed by atoms with Gasteiger partial charge in [0.15, 0.2) is 0 Å². The number of hydrogen-bond acceptors (Lipinski definition) is 6. The Bertz CT molecular complexity index is 701. The minimum absolute atomic E-state index is 0.00292. The molecule has 2 N–H and O–H groups in total. The molecule has 0 atom stereocenters. The van der Waals surface area contributed by atoms with Crippen LogP contribution in [-0.4, -0.2) is 25.7 Å². The molecule has 2 aromatic rings. The van der Waals surface area contributed by atoms with Crippen LogP contribution in [0.15, 0.2) is 22.5 Å². The second kappa shape index (κ2) is 5.81. The van der Waals surface area contributed by atoms with Gasteiger partial charge in [0, 0.05) is 12.1 Å². The topological polar surface area (TPSA) is 84.0 Å². The van der Waals surface area contributed by atoms with Gasteiger partial charge in [-0.1, -0.05) is 11.3 Å². The van der Waals surface area contributed by atoms with Gasteiger partial charge < -0.3 is 5.32 Å². The first-order valence-electron chi connectivity index (χ1n) is 5.66. The summed E-state index contributed by atoms with van der Waals surface area (Å²) in [6.07, 6.45) is 0. The van der Waals surface area contributed by atoms with Gasteiger partial charge in [0.25, 0.3) is 10.0 Å².